The Morgan fingerprint density at radius 3 is 2.80 bits per heavy atom. The van der Waals surface area contributed by atoms with Crippen LogP contribution < -0.4 is 5.32 Å². The number of hydrogen-bond donors (Lipinski definition) is 1. The highest BCUT2D eigenvalue weighted by atomic mass is 16.5. The molecule has 0 aliphatic rings. The number of carbonyl (C=O) groups is 1. The van der Waals surface area contributed by atoms with Crippen LogP contribution in [0.5, 0.6) is 0 Å². The summed E-state index contributed by atoms with van der Waals surface area (Å²) >= 11 is 0. The number of aryl methyl sites for hydroxylation is 2. The van der Waals surface area contributed by atoms with Crippen molar-refractivity contribution in [1.29, 1.82) is 5.26 Å². The second kappa shape index (κ2) is 8.00. The molecule has 0 radical (unpaired) electrons. The van der Waals surface area contributed by atoms with E-state index in [2.05, 4.69) is 29.1 Å². The first-order chi connectivity index (χ1) is 9.62. The lowest BCUT2D eigenvalue weighted by Crippen LogP contribution is -2.05. The summed E-state index contributed by atoms with van der Waals surface area (Å²) in [5.41, 5.74) is 3.20. The van der Waals surface area contributed by atoms with Crippen LogP contribution in [0.3, 0.4) is 0 Å². The smallest absolute Gasteiger partial charge is 0.350 e. The Labute approximate surface area is 120 Å². The van der Waals surface area contributed by atoms with Crippen LogP contribution in [0.1, 0.15) is 30.9 Å². The Bertz CT molecular complexity index is 542. The van der Waals surface area contributed by atoms with Gasteiger partial charge < -0.3 is 10.1 Å². The van der Waals surface area contributed by atoms with E-state index in [0.717, 1.165) is 17.7 Å². The number of rotatable bonds is 6. The van der Waals surface area contributed by atoms with Crippen molar-refractivity contribution in [3.63, 3.8) is 0 Å². The molecule has 0 heterocycles. The molecule has 0 spiro atoms. The molecule has 0 unspecified atom stereocenters. The van der Waals surface area contributed by atoms with Crippen LogP contribution in [-0.2, 0) is 16.0 Å². The third-order valence-corrected chi connectivity index (χ3v) is 3.01. The second-order valence-corrected chi connectivity index (χ2v) is 4.56. The Morgan fingerprint density at radius 1 is 1.50 bits per heavy atom. The number of anilines is 1. The highest BCUT2D eigenvalue weighted by Crippen LogP contribution is 2.18. The van der Waals surface area contributed by atoms with Crippen LogP contribution >= 0.6 is 0 Å². The SMILES string of the molecule is CCCCc1ccc(N/C=C(\C#N)C(=O)OC)c(C)c1. The summed E-state index contributed by atoms with van der Waals surface area (Å²) in [5.74, 6) is -0.641. The van der Waals surface area contributed by atoms with Gasteiger partial charge in [0, 0.05) is 11.9 Å². The number of unbranched alkanes of at least 4 members (excludes halogenated alkanes) is 1. The molecule has 1 aromatic carbocycles. The summed E-state index contributed by atoms with van der Waals surface area (Å²) in [4.78, 5) is 11.3. The summed E-state index contributed by atoms with van der Waals surface area (Å²) in [7, 11) is 1.25. The van der Waals surface area contributed by atoms with E-state index in [4.69, 9.17) is 5.26 Å². The Kier molecular flexibility index (Phi) is 6.31. The van der Waals surface area contributed by atoms with E-state index >= 15 is 0 Å². The molecule has 0 fully saturated rings. The van der Waals surface area contributed by atoms with E-state index in [-0.39, 0.29) is 5.57 Å². The maximum Gasteiger partial charge on any atom is 0.350 e. The monoisotopic (exact) mass is 272 g/mol. The summed E-state index contributed by atoms with van der Waals surface area (Å²) in [5, 5.41) is 11.8. The number of nitrogens with one attached hydrogen (secondary N) is 1. The van der Waals surface area contributed by atoms with E-state index in [9.17, 15) is 4.79 Å². The van der Waals surface area contributed by atoms with Gasteiger partial charge in [0.05, 0.1) is 7.11 Å². The third kappa shape index (κ3) is 4.43. The fourth-order valence-electron chi connectivity index (χ4n) is 1.82. The van der Waals surface area contributed by atoms with Gasteiger partial charge in [0.2, 0.25) is 0 Å². The lowest BCUT2D eigenvalue weighted by molar-refractivity contribution is -0.135. The summed E-state index contributed by atoms with van der Waals surface area (Å²) in [6.07, 6.45) is 4.79. The zero-order valence-corrected chi connectivity index (χ0v) is 12.2. The number of esters is 1. The molecule has 0 aliphatic heterocycles. The lowest BCUT2D eigenvalue weighted by atomic mass is 10.0. The third-order valence-electron chi connectivity index (χ3n) is 3.01. The van der Waals surface area contributed by atoms with E-state index in [1.807, 2.05) is 13.0 Å². The first-order valence-electron chi connectivity index (χ1n) is 6.67. The maximum atomic E-state index is 11.3. The molecule has 0 aromatic heterocycles. The summed E-state index contributed by atoms with van der Waals surface area (Å²) in [6, 6.07) is 7.95. The molecule has 0 amide bonds. The fourth-order valence-corrected chi connectivity index (χ4v) is 1.82. The Morgan fingerprint density at radius 2 is 2.25 bits per heavy atom. The molecule has 0 atom stereocenters. The fraction of sp³-hybridized carbons (Fsp3) is 0.375. The highest BCUT2D eigenvalue weighted by molar-refractivity contribution is 5.93. The molecule has 0 saturated carbocycles. The van der Waals surface area contributed by atoms with Crippen molar-refractivity contribution in [2.45, 2.75) is 33.1 Å². The largest absolute Gasteiger partial charge is 0.465 e. The summed E-state index contributed by atoms with van der Waals surface area (Å²) < 4.78 is 4.52. The zero-order valence-electron chi connectivity index (χ0n) is 12.2. The van der Waals surface area contributed by atoms with E-state index in [1.54, 1.807) is 6.07 Å². The number of methoxy groups -OCH3 is 1. The van der Waals surface area contributed by atoms with Crippen molar-refractivity contribution in [1.82, 2.24) is 0 Å². The van der Waals surface area contributed by atoms with Crippen molar-refractivity contribution in [2.24, 2.45) is 0 Å². The number of nitriles is 1. The van der Waals surface area contributed by atoms with Crippen molar-refractivity contribution in [3.05, 3.63) is 41.1 Å². The molecule has 1 aromatic rings. The van der Waals surface area contributed by atoms with E-state index in [0.29, 0.717) is 0 Å². The summed E-state index contributed by atoms with van der Waals surface area (Å²) in [6.45, 7) is 4.17. The van der Waals surface area contributed by atoms with Gasteiger partial charge in [-0.25, -0.2) is 4.79 Å². The molecule has 4 nitrogen and oxygen atoms in total. The van der Waals surface area contributed by atoms with Crippen LogP contribution in [-0.4, -0.2) is 13.1 Å². The molecular weight excluding hydrogens is 252 g/mol. The van der Waals surface area contributed by atoms with Gasteiger partial charge >= 0.3 is 5.97 Å². The zero-order chi connectivity index (χ0) is 15.0. The van der Waals surface area contributed by atoms with Crippen molar-refractivity contribution < 1.29 is 9.53 Å². The number of ether oxygens (including phenoxy) is 1. The van der Waals surface area contributed by atoms with Crippen LogP contribution in [0.25, 0.3) is 0 Å². The van der Waals surface area contributed by atoms with Gasteiger partial charge in [0.1, 0.15) is 6.07 Å². The van der Waals surface area contributed by atoms with E-state index in [1.165, 1.54) is 31.7 Å². The van der Waals surface area contributed by atoms with E-state index < -0.39 is 5.97 Å². The number of benzene rings is 1. The minimum Gasteiger partial charge on any atom is -0.465 e. The van der Waals surface area contributed by atoms with Crippen LogP contribution in [0.15, 0.2) is 30.0 Å². The van der Waals surface area contributed by atoms with Crippen molar-refractivity contribution in [2.75, 3.05) is 12.4 Å². The molecule has 1 rings (SSSR count). The predicted octanol–water partition coefficient (Wildman–Crippen LogP) is 3.33. The minimum atomic E-state index is -0.641. The number of nitrogens with zero attached hydrogens (tertiary/aromatic N) is 1. The average Bonchev–Trinajstić information content (AvgIpc) is 2.46. The number of hydrogen-bond acceptors (Lipinski definition) is 4. The lowest BCUT2D eigenvalue weighted by Gasteiger charge is -2.08. The second-order valence-electron chi connectivity index (χ2n) is 4.56. The average molecular weight is 272 g/mol. The normalized spacial score (nSPS) is 10.8. The molecule has 0 saturated heterocycles. The minimum absolute atomic E-state index is 0.0537. The first kappa shape index (κ1) is 15.8. The topological polar surface area (TPSA) is 62.1 Å². The van der Waals surface area contributed by atoms with Crippen LogP contribution in [0, 0.1) is 18.3 Å². The number of carbonyl (C=O) groups excluding carboxylic acids is 1. The van der Waals surface area contributed by atoms with Crippen molar-refractivity contribution >= 4 is 11.7 Å². The first-order valence-corrected chi connectivity index (χ1v) is 6.67. The van der Waals surface area contributed by atoms with Gasteiger partial charge in [-0.3, -0.25) is 0 Å². The van der Waals surface area contributed by atoms with Gasteiger partial charge in [0.25, 0.3) is 0 Å². The van der Waals surface area contributed by atoms with Gasteiger partial charge in [-0.15, -0.1) is 0 Å². The van der Waals surface area contributed by atoms with Crippen molar-refractivity contribution in [3.8, 4) is 6.07 Å². The predicted molar refractivity (Wildman–Crippen MR) is 79.1 cm³/mol. The molecule has 1 N–H and O–H groups in total. The van der Waals surface area contributed by atoms with Gasteiger partial charge in [-0.05, 0) is 37.0 Å². The molecule has 0 aliphatic carbocycles. The molecule has 20 heavy (non-hydrogen) atoms. The quantitative estimate of drug-likeness (QED) is 0.490. The van der Waals surface area contributed by atoms with Gasteiger partial charge in [-0.2, -0.15) is 5.26 Å². The molecule has 4 heteroatoms. The van der Waals surface area contributed by atoms with Gasteiger partial charge in [-0.1, -0.05) is 25.5 Å². The standard InChI is InChI=1S/C16H20N2O2/c1-4-5-6-13-7-8-15(12(2)9-13)18-11-14(10-17)16(19)20-3/h7-9,11,18H,4-6H2,1-3H3/b14-11+. The van der Waals surface area contributed by atoms with Crippen LogP contribution in [0.2, 0.25) is 0 Å². The molecular formula is C16H20N2O2. The molecule has 106 valence electrons. The highest BCUT2D eigenvalue weighted by Gasteiger charge is 2.08. The van der Waals surface area contributed by atoms with Crippen LogP contribution in [0.4, 0.5) is 5.69 Å². The Hall–Kier alpha value is -2.28. The maximum absolute atomic E-state index is 11.3. The Balaban J connectivity index is 2.81. The van der Waals surface area contributed by atoms with Gasteiger partial charge in [0.15, 0.2) is 5.57 Å². The molecule has 0 bridgehead atoms.